The van der Waals surface area contributed by atoms with Crippen LogP contribution in [0.25, 0.3) is 5.65 Å². The van der Waals surface area contributed by atoms with Gasteiger partial charge in [-0.3, -0.25) is 9.59 Å². The van der Waals surface area contributed by atoms with E-state index in [0.29, 0.717) is 23.6 Å². The van der Waals surface area contributed by atoms with Crippen LogP contribution in [-0.4, -0.2) is 51.5 Å². The Labute approximate surface area is 155 Å². The van der Waals surface area contributed by atoms with Crippen LogP contribution in [0.15, 0.2) is 54.9 Å². The summed E-state index contributed by atoms with van der Waals surface area (Å²) in [4.78, 5) is 30.6. The van der Waals surface area contributed by atoms with Gasteiger partial charge >= 0.3 is 5.97 Å². The molecular weight excluding hydrogens is 346 g/mol. The van der Waals surface area contributed by atoms with E-state index in [4.69, 9.17) is 4.74 Å². The minimum Gasteiger partial charge on any atom is -0.497 e. The molecule has 1 aliphatic heterocycles. The molecule has 0 saturated carbocycles. The molecule has 7 nitrogen and oxygen atoms in total. The summed E-state index contributed by atoms with van der Waals surface area (Å²) < 4.78 is 7.02. The number of imidazole rings is 1. The summed E-state index contributed by atoms with van der Waals surface area (Å²) in [5, 5.41) is 9.67. The van der Waals surface area contributed by atoms with E-state index in [-0.39, 0.29) is 18.4 Å². The first-order valence-electron chi connectivity index (χ1n) is 8.66. The molecule has 0 aliphatic carbocycles. The Morgan fingerprint density at radius 1 is 1.19 bits per heavy atom. The molecule has 1 saturated heterocycles. The molecule has 1 fully saturated rings. The molecule has 1 aliphatic rings. The van der Waals surface area contributed by atoms with E-state index in [1.54, 1.807) is 22.6 Å². The fraction of sp³-hybridized carbons (Fsp3) is 0.250. The molecule has 0 bridgehead atoms. The monoisotopic (exact) mass is 365 g/mol. The predicted molar refractivity (Wildman–Crippen MR) is 98.0 cm³/mol. The maximum absolute atomic E-state index is 12.9. The number of carbonyl (C=O) groups is 2. The summed E-state index contributed by atoms with van der Waals surface area (Å²) in [5.41, 5.74) is 1.85. The van der Waals surface area contributed by atoms with Crippen molar-refractivity contribution in [3.63, 3.8) is 0 Å². The number of carboxylic acid groups (broad SMARTS) is 1. The summed E-state index contributed by atoms with van der Waals surface area (Å²) in [7, 11) is 1.57. The van der Waals surface area contributed by atoms with Crippen molar-refractivity contribution in [3.05, 3.63) is 66.1 Å². The first kappa shape index (κ1) is 17.1. The summed E-state index contributed by atoms with van der Waals surface area (Å²) in [5.74, 6) is -1.46. The number of rotatable bonds is 4. The van der Waals surface area contributed by atoms with Gasteiger partial charge in [0.25, 0.3) is 5.91 Å². The largest absolute Gasteiger partial charge is 0.497 e. The second-order valence-electron chi connectivity index (χ2n) is 6.63. The third-order valence-corrected chi connectivity index (χ3v) is 5.03. The highest BCUT2D eigenvalue weighted by molar-refractivity contribution is 5.93. The lowest BCUT2D eigenvalue weighted by Gasteiger charge is -2.16. The molecule has 0 spiro atoms. The molecule has 1 amide bonds. The topological polar surface area (TPSA) is 84.1 Å². The fourth-order valence-electron chi connectivity index (χ4n) is 3.63. The number of amides is 1. The van der Waals surface area contributed by atoms with E-state index in [1.807, 2.05) is 48.7 Å². The molecule has 2 aromatic heterocycles. The minimum absolute atomic E-state index is 0.157. The number of methoxy groups -OCH3 is 1. The van der Waals surface area contributed by atoms with Gasteiger partial charge in [-0.25, -0.2) is 4.98 Å². The first-order valence-corrected chi connectivity index (χ1v) is 8.66. The number of carbonyl (C=O) groups excluding carboxylic acids is 1. The number of likely N-dealkylation sites (tertiary alicyclic amines) is 1. The van der Waals surface area contributed by atoms with Crippen LogP contribution < -0.4 is 4.74 Å². The van der Waals surface area contributed by atoms with Gasteiger partial charge in [0.1, 0.15) is 17.1 Å². The molecular formula is C20H19N3O4. The number of hydrogen-bond donors (Lipinski definition) is 1. The van der Waals surface area contributed by atoms with Gasteiger partial charge in [0, 0.05) is 31.4 Å². The molecule has 0 radical (unpaired) electrons. The van der Waals surface area contributed by atoms with E-state index in [0.717, 1.165) is 5.56 Å². The molecule has 2 atom stereocenters. The van der Waals surface area contributed by atoms with Crippen molar-refractivity contribution in [1.29, 1.82) is 0 Å². The van der Waals surface area contributed by atoms with E-state index < -0.39 is 11.9 Å². The molecule has 138 valence electrons. The average molecular weight is 365 g/mol. The zero-order valence-corrected chi connectivity index (χ0v) is 14.8. The van der Waals surface area contributed by atoms with Crippen molar-refractivity contribution in [2.45, 2.75) is 5.92 Å². The molecule has 1 aromatic carbocycles. The molecule has 7 heteroatoms. The second kappa shape index (κ2) is 6.75. The highest BCUT2D eigenvalue weighted by atomic mass is 16.5. The van der Waals surface area contributed by atoms with E-state index in [9.17, 15) is 14.7 Å². The Morgan fingerprint density at radius 2 is 2.04 bits per heavy atom. The van der Waals surface area contributed by atoms with E-state index in [1.165, 1.54) is 0 Å². The number of fused-ring (bicyclic) bond motifs is 1. The summed E-state index contributed by atoms with van der Waals surface area (Å²) >= 11 is 0. The predicted octanol–water partition coefficient (Wildman–Crippen LogP) is 2.28. The van der Waals surface area contributed by atoms with Crippen LogP contribution in [0.4, 0.5) is 0 Å². The van der Waals surface area contributed by atoms with Crippen LogP contribution in [0.1, 0.15) is 22.0 Å². The van der Waals surface area contributed by atoms with Crippen LogP contribution in [-0.2, 0) is 4.79 Å². The number of nitrogens with zero attached hydrogens (tertiary/aromatic N) is 3. The van der Waals surface area contributed by atoms with E-state index >= 15 is 0 Å². The van der Waals surface area contributed by atoms with Crippen molar-refractivity contribution in [3.8, 4) is 5.75 Å². The molecule has 3 aromatic rings. The van der Waals surface area contributed by atoms with Crippen LogP contribution in [0.2, 0.25) is 0 Å². The lowest BCUT2D eigenvalue weighted by atomic mass is 9.89. The second-order valence-corrected chi connectivity index (χ2v) is 6.63. The lowest BCUT2D eigenvalue weighted by molar-refractivity contribution is -0.141. The van der Waals surface area contributed by atoms with Gasteiger partial charge in [0.2, 0.25) is 0 Å². The van der Waals surface area contributed by atoms with Gasteiger partial charge in [-0.05, 0) is 29.8 Å². The summed E-state index contributed by atoms with van der Waals surface area (Å²) in [6.07, 6.45) is 3.49. The average Bonchev–Trinajstić information content (AvgIpc) is 3.32. The van der Waals surface area contributed by atoms with Crippen LogP contribution in [0.3, 0.4) is 0 Å². The quantitative estimate of drug-likeness (QED) is 0.767. The Kier molecular flexibility index (Phi) is 4.27. The lowest BCUT2D eigenvalue weighted by Crippen LogP contribution is -2.30. The fourth-order valence-corrected chi connectivity index (χ4v) is 3.63. The normalized spacial score (nSPS) is 19.4. The van der Waals surface area contributed by atoms with Crippen molar-refractivity contribution >= 4 is 17.5 Å². The van der Waals surface area contributed by atoms with Gasteiger partial charge in [-0.2, -0.15) is 0 Å². The molecule has 1 N–H and O–H groups in total. The zero-order chi connectivity index (χ0) is 19.0. The SMILES string of the molecule is COc1cccc([C@@H]2CN(C(=O)c3cn4ccccc4n3)C[C@H]2C(=O)O)c1. The third kappa shape index (κ3) is 3.12. The highest BCUT2D eigenvalue weighted by Gasteiger charge is 2.41. The zero-order valence-electron chi connectivity index (χ0n) is 14.8. The number of hydrogen-bond acceptors (Lipinski definition) is 4. The van der Waals surface area contributed by atoms with Crippen molar-refractivity contribution in [2.75, 3.05) is 20.2 Å². The van der Waals surface area contributed by atoms with Gasteiger partial charge in [-0.15, -0.1) is 0 Å². The van der Waals surface area contributed by atoms with Crippen LogP contribution in [0.5, 0.6) is 5.75 Å². The standard InChI is InChI=1S/C20H19N3O4/c1-27-14-6-4-5-13(9-14)15-10-23(11-16(15)20(25)26)19(24)17-12-22-8-3-2-7-18(22)21-17/h2-9,12,15-16H,10-11H2,1H3,(H,25,26)/t15-,16+/m0/s1. The van der Waals surface area contributed by atoms with Gasteiger partial charge in [0.15, 0.2) is 0 Å². The number of benzene rings is 1. The van der Waals surface area contributed by atoms with E-state index in [2.05, 4.69) is 4.98 Å². The Bertz CT molecular complexity index is 980. The molecule has 4 rings (SSSR count). The van der Waals surface area contributed by atoms with Crippen molar-refractivity contribution in [2.24, 2.45) is 5.92 Å². The molecule has 27 heavy (non-hydrogen) atoms. The van der Waals surface area contributed by atoms with Gasteiger partial charge < -0.3 is 19.1 Å². The number of pyridine rings is 1. The number of ether oxygens (including phenoxy) is 1. The first-order chi connectivity index (χ1) is 13.1. The highest BCUT2D eigenvalue weighted by Crippen LogP contribution is 2.35. The van der Waals surface area contributed by atoms with Crippen LogP contribution >= 0.6 is 0 Å². The Balaban J connectivity index is 1.62. The van der Waals surface area contributed by atoms with Gasteiger partial charge in [-0.1, -0.05) is 18.2 Å². The Hall–Kier alpha value is -3.35. The smallest absolute Gasteiger partial charge is 0.308 e. The van der Waals surface area contributed by atoms with Crippen molar-refractivity contribution in [1.82, 2.24) is 14.3 Å². The minimum atomic E-state index is -0.909. The number of aliphatic carboxylic acids is 1. The maximum Gasteiger partial charge on any atom is 0.308 e. The molecule has 0 unspecified atom stereocenters. The van der Waals surface area contributed by atoms with Crippen LogP contribution in [0, 0.1) is 5.92 Å². The van der Waals surface area contributed by atoms with Crippen molar-refractivity contribution < 1.29 is 19.4 Å². The number of aromatic nitrogens is 2. The molecule has 3 heterocycles. The summed E-state index contributed by atoms with van der Waals surface area (Å²) in [6, 6.07) is 12.9. The third-order valence-electron chi connectivity index (χ3n) is 5.03. The number of carboxylic acids is 1. The summed E-state index contributed by atoms with van der Waals surface area (Å²) in [6.45, 7) is 0.487. The van der Waals surface area contributed by atoms with Gasteiger partial charge in [0.05, 0.1) is 13.0 Å². The maximum atomic E-state index is 12.9. The Morgan fingerprint density at radius 3 is 2.78 bits per heavy atom.